The lowest BCUT2D eigenvalue weighted by atomic mass is 10.2. The number of benzene rings is 1. The molecular formula is C11H8O4S. The van der Waals surface area contributed by atoms with Gasteiger partial charge in [0.2, 0.25) is 0 Å². The standard InChI is InChI=1S/C11H8O4S/c1-16-11(14)9-5-7(13)10-6(12)3-2-4-8(10)15-9/h2-5,12H,1H3. The van der Waals surface area contributed by atoms with Crippen molar-refractivity contribution >= 4 is 27.8 Å². The zero-order valence-corrected chi connectivity index (χ0v) is 9.21. The Morgan fingerprint density at radius 1 is 1.44 bits per heavy atom. The third kappa shape index (κ3) is 1.69. The second-order valence-corrected chi connectivity index (χ2v) is 3.90. The van der Waals surface area contributed by atoms with Crippen LogP contribution in [0.1, 0.15) is 10.6 Å². The van der Waals surface area contributed by atoms with E-state index < -0.39 is 5.43 Å². The van der Waals surface area contributed by atoms with Gasteiger partial charge in [0.1, 0.15) is 16.7 Å². The lowest BCUT2D eigenvalue weighted by Crippen LogP contribution is -2.04. The Bertz CT molecular complexity index is 615. The van der Waals surface area contributed by atoms with Crippen LogP contribution in [-0.4, -0.2) is 16.5 Å². The van der Waals surface area contributed by atoms with Crippen molar-refractivity contribution in [2.45, 2.75) is 0 Å². The molecular weight excluding hydrogens is 228 g/mol. The van der Waals surface area contributed by atoms with Crippen LogP contribution in [0.25, 0.3) is 11.0 Å². The number of rotatable bonds is 1. The molecule has 0 aliphatic heterocycles. The van der Waals surface area contributed by atoms with Gasteiger partial charge in [0.15, 0.2) is 11.2 Å². The van der Waals surface area contributed by atoms with E-state index in [4.69, 9.17) is 4.42 Å². The van der Waals surface area contributed by atoms with E-state index in [9.17, 15) is 14.7 Å². The van der Waals surface area contributed by atoms with Gasteiger partial charge in [-0.2, -0.15) is 0 Å². The predicted molar refractivity (Wildman–Crippen MR) is 62.0 cm³/mol. The van der Waals surface area contributed by atoms with Crippen LogP contribution in [-0.2, 0) is 0 Å². The van der Waals surface area contributed by atoms with Crippen molar-refractivity contribution in [2.24, 2.45) is 0 Å². The van der Waals surface area contributed by atoms with E-state index in [0.29, 0.717) is 0 Å². The number of hydrogen-bond acceptors (Lipinski definition) is 5. The zero-order valence-electron chi connectivity index (χ0n) is 8.39. The average Bonchev–Trinajstić information content (AvgIpc) is 2.27. The first kappa shape index (κ1) is 10.8. The third-order valence-electron chi connectivity index (χ3n) is 2.12. The Hall–Kier alpha value is -1.75. The number of carbonyl (C=O) groups excluding carboxylic acids is 1. The first-order chi connectivity index (χ1) is 7.63. The molecule has 2 aromatic rings. The van der Waals surface area contributed by atoms with Crippen LogP contribution in [0.2, 0.25) is 0 Å². The monoisotopic (exact) mass is 236 g/mol. The molecule has 1 heterocycles. The van der Waals surface area contributed by atoms with Crippen LogP contribution in [0.5, 0.6) is 5.75 Å². The molecule has 2 rings (SSSR count). The summed E-state index contributed by atoms with van der Waals surface area (Å²) in [6, 6.07) is 5.58. The molecule has 0 amide bonds. The minimum Gasteiger partial charge on any atom is -0.507 e. The van der Waals surface area contributed by atoms with Crippen LogP contribution in [0.3, 0.4) is 0 Å². The first-order valence-corrected chi connectivity index (χ1v) is 5.70. The van der Waals surface area contributed by atoms with E-state index in [2.05, 4.69) is 0 Å². The van der Waals surface area contributed by atoms with Crippen LogP contribution in [0.15, 0.2) is 33.5 Å². The largest absolute Gasteiger partial charge is 0.507 e. The van der Waals surface area contributed by atoms with Gasteiger partial charge in [0, 0.05) is 6.07 Å². The fourth-order valence-corrected chi connectivity index (χ4v) is 1.69. The Morgan fingerprint density at radius 3 is 2.88 bits per heavy atom. The average molecular weight is 236 g/mol. The number of aromatic hydroxyl groups is 1. The normalized spacial score (nSPS) is 10.6. The number of fused-ring (bicyclic) bond motifs is 1. The summed E-state index contributed by atoms with van der Waals surface area (Å²) in [5.41, 5.74) is -0.207. The summed E-state index contributed by atoms with van der Waals surface area (Å²) in [5, 5.41) is 9.27. The highest BCUT2D eigenvalue weighted by Crippen LogP contribution is 2.22. The van der Waals surface area contributed by atoms with Crippen molar-refractivity contribution in [1.29, 1.82) is 0 Å². The van der Waals surface area contributed by atoms with Gasteiger partial charge in [-0.25, -0.2) is 0 Å². The molecule has 1 N–H and O–H groups in total. The minimum atomic E-state index is -0.420. The fraction of sp³-hybridized carbons (Fsp3) is 0.0909. The number of thioether (sulfide) groups is 1. The summed E-state index contributed by atoms with van der Waals surface area (Å²) >= 11 is 0.965. The molecule has 1 aromatic heterocycles. The smallest absolute Gasteiger partial charge is 0.254 e. The maximum absolute atomic E-state index is 11.7. The molecule has 0 atom stereocenters. The Kier molecular flexibility index (Phi) is 2.70. The maximum Gasteiger partial charge on any atom is 0.254 e. The summed E-state index contributed by atoms with van der Waals surface area (Å²) in [5.74, 6) is -0.148. The molecule has 0 saturated heterocycles. The van der Waals surface area contributed by atoms with E-state index in [1.165, 1.54) is 12.1 Å². The van der Waals surface area contributed by atoms with Crippen LogP contribution in [0.4, 0.5) is 0 Å². The SMILES string of the molecule is CSC(=O)c1cc(=O)c2c(O)cccc2o1. The molecule has 0 radical (unpaired) electrons. The molecule has 0 aliphatic carbocycles. The van der Waals surface area contributed by atoms with Gasteiger partial charge in [-0.3, -0.25) is 9.59 Å². The molecule has 0 bridgehead atoms. The quantitative estimate of drug-likeness (QED) is 0.820. The summed E-state index contributed by atoms with van der Waals surface area (Å²) in [7, 11) is 0. The molecule has 1 aromatic carbocycles. The molecule has 4 nitrogen and oxygen atoms in total. The zero-order chi connectivity index (χ0) is 11.7. The van der Waals surface area contributed by atoms with Gasteiger partial charge in [-0.15, -0.1) is 0 Å². The first-order valence-electron chi connectivity index (χ1n) is 4.47. The molecule has 5 heteroatoms. The highest BCUT2D eigenvalue weighted by molar-refractivity contribution is 8.13. The summed E-state index contributed by atoms with van der Waals surface area (Å²) in [6.07, 6.45) is 1.61. The molecule has 16 heavy (non-hydrogen) atoms. The summed E-state index contributed by atoms with van der Waals surface area (Å²) in [6.45, 7) is 0. The molecule has 0 unspecified atom stereocenters. The van der Waals surface area contributed by atoms with Gasteiger partial charge in [0.05, 0.1) is 0 Å². The van der Waals surface area contributed by atoms with Crippen molar-refractivity contribution in [2.75, 3.05) is 6.26 Å². The summed E-state index contributed by atoms with van der Waals surface area (Å²) in [4.78, 5) is 23.0. The van der Waals surface area contributed by atoms with Crippen molar-refractivity contribution in [3.05, 3.63) is 40.2 Å². The van der Waals surface area contributed by atoms with Gasteiger partial charge < -0.3 is 9.52 Å². The van der Waals surface area contributed by atoms with Gasteiger partial charge >= 0.3 is 0 Å². The molecule has 0 spiro atoms. The maximum atomic E-state index is 11.7. The van der Waals surface area contributed by atoms with Crippen molar-refractivity contribution < 1.29 is 14.3 Å². The van der Waals surface area contributed by atoms with E-state index >= 15 is 0 Å². The van der Waals surface area contributed by atoms with E-state index in [1.807, 2.05) is 0 Å². The predicted octanol–water partition coefficient (Wildman–Crippen LogP) is 2.00. The number of phenolic OH excluding ortho intramolecular Hbond substituents is 1. The second-order valence-electron chi connectivity index (χ2n) is 3.12. The summed E-state index contributed by atoms with van der Waals surface area (Å²) < 4.78 is 5.25. The lowest BCUT2D eigenvalue weighted by Gasteiger charge is -2.01. The van der Waals surface area contributed by atoms with E-state index in [0.717, 1.165) is 17.8 Å². The topological polar surface area (TPSA) is 67.5 Å². The second kappa shape index (κ2) is 4.02. The Morgan fingerprint density at radius 2 is 2.19 bits per heavy atom. The molecule has 0 fully saturated rings. The van der Waals surface area contributed by atoms with Gasteiger partial charge in [0.25, 0.3) is 5.12 Å². The van der Waals surface area contributed by atoms with Crippen molar-refractivity contribution in [3.63, 3.8) is 0 Å². The van der Waals surface area contributed by atoms with Gasteiger partial charge in [-0.05, 0) is 18.4 Å². The van der Waals surface area contributed by atoms with Crippen LogP contribution in [0, 0.1) is 0 Å². The molecule has 0 aliphatic rings. The molecule has 82 valence electrons. The van der Waals surface area contributed by atoms with Gasteiger partial charge in [-0.1, -0.05) is 17.8 Å². The highest BCUT2D eigenvalue weighted by atomic mass is 32.2. The molecule has 0 saturated carbocycles. The highest BCUT2D eigenvalue weighted by Gasteiger charge is 2.12. The van der Waals surface area contributed by atoms with Crippen molar-refractivity contribution in [3.8, 4) is 5.75 Å². The minimum absolute atomic E-state index is 0.00407. The van der Waals surface area contributed by atoms with E-state index in [-0.39, 0.29) is 27.6 Å². The van der Waals surface area contributed by atoms with E-state index in [1.54, 1.807) is 12.3 Å². The number of hydrogen-bond donors (Lipinski definition) is 1. The Labute approximate surface area is 94.9 Å². The number of phenols is 1. The number of carbonyl (C=O) groups is 1. The fourth-order valence-electron chi connectivity index (χ4n) is 1.39. The third-order valence-corrected chi connectivity index (χ3v) is 2.69. The van der Waals surface area contributed by atoms with Crippen LogP contribution >= 0.6 is 11.8 Å². The lowest BCUT2D eigenvalue weighted by molar-refractivity contribution is 0.106. The van der Waals surface area contributed by atoms with Crippen LogP contribution < -0.4 is 5.43 Å². The van der Waals surface area contributed by atoms with Crippen molar-refractivity contribution in [1.82, 2.24) is 0 Å². The Balaban J connectivity index is 2.79.